The Hall–Kier alpha value is -0.710. The Morgan fingerprint density at radius 1 is 1.47 bits per heavy atom. The SMILES string of the molecule is CCCNC(=O)CSCCCC(C)(C)C(=N)N. The molecule has 4 nitrogen and oxygen atoms in total. The summed E-state index contributed by atoms with van der Waals surface area (Å²) in [5, 5.41) is 10.3. The Morgan fingerprint density at radius 3 is 2.65 bits per heavy atom. The van der Waals surface area contributed by atoms with Gasteiger partial charge in [0.2, 0.25) is 5.91 Å². The summed E-state index contributed by atoms with van der Waals surface area (Å²) in [6.45, 7) is 6.76. The Bertz CT molecular complexity index is 254. The predicted molar refractivity (Wildman–Crippen MR) is 75.6 cm³/mol. The van der Waals surface area contributed by atoms with Gasteiger partial charge in [-0.25, -0.2) is 0 Å². The molecule has 0 atom stereocenters. The fraction of sp³-hybridized carbons (Fsp3) is 0.833. The first-order valence-electron chi connectivity index (χ1n) is 6.09. The number of carbonyl (C=O) groups excluding carboxylic acids is 1. The number of nitrogens with two attached hydrogens (primary N) is 1. The topological polar surface area (TPSA) is 79.0 Å². The largest absolute Gasteiger partial charge is 0.387 e. The van der Waals surface area contributed by atoms with Crippen LogP contribution in [0.5, 0.6) is 0 Å². The van der Waals surface area contributed by atoms with Crippen molar-refractivity contribution in [1.82, 2.24) is 5.32 Å². The molecule has 0 unspecified atom stereocenters. The molecule has 0 aliphatic heterocycles. The number of thioether (sulfide) groups is 1. The molecule has 0 saturated heterocycles. The van der Waals surface area contributed by atoms with Crippen molar-refractivity contribution in [2.75, 3.05) is 18.1 Å². The van der Waals surface area contributed by atoms with E-state index < -0.39 is 0 Å². The summed E-state index contributed by atoms with van der Waals surface area (Å²) in [6, 6.07) is 0. The summed E-state index contributed by atoms with van der Waals surface area (Å²) in [6.07, 6.45) is 2.85. The lowest BCUT2D eigenvalue weighted by molar-refractivity contribution is -0.118. The average molecular weight is 259 g/mol. The van der Waals surface area contributed by atoms with Gasteiger partial charge in [0.15, 0.2) is 0 Å². The minimum Gasteiger partial charge on any atom is -0.387 e. The molecule has 0 fully saturated rings. The van der Waals surface area contributed by atoms with E-state index in [2.05, 4.69) is 5.32 Å². The Balaban J connectivity index is 3.53. The maximum atomic E-state index is 11.3. The second-order valence-electron chi connectivity index (χ2n) is 4.80. The first kappa shape index (κ1) is 16.3. The van der Waals surface area contributed by atoms with Crippen molar-refractivity contribution in [2.45, 2.75) is 40.0 Å². The van der Waals surface area contributed by atoms with Gasteiger partial charge in [-0.2, -0.15) is 11.8 Å². The van der Waals surface area contributed by atoms with Crippen molar-refractivity contribution >= 4 is 23.5 Å². The van der Waals surface area contributed by atoms with Crippen LogP contribution in [0.3, 0.4) is 0 Å². The van der Waals surface area contributed by atoms with Gasteiger partial charge >= 0.3 is 0 Å². The minimum atomic E-state index is -0.217. The lowest BCUT2D eigenvalue weighted by atomic mass is 9.87. The van der Waals surface area contributed by atoms with Crippen LogP contribution in [0.1, 0.15) is 40.0 Å². The molecule has 0 aromatic rings. The van der Waals surface area contributed by atoms with E-state index in [4.69, 9.17) is 11.1 Å². The highest BCUT2D eigenvalue weighted by Crippen LogP contribution is 2.22. The van der Waals surface area contributed by atoms with Crippen LogP contribution < -0.4 is 11.1 Å². The molecule has 5 heteroatoms. The number of hydrogen-bond donors (Lipinski definition) is 3. The van der Waals surface area contributed by atoms with Crippen LogP contribution >= 0.6 is 11.8 Å². The fourth-order valence-electron chi connectivity index (χ4n) is 1.23. The molecule has 0 saturated carbocycles. The van der Waals surface area contributed by atoms with Gasteiger partial charge in [-0.15, -0.1) is 0 Å². The third-order valence-corrected chi connectivity index (χ3v) is 3.67. The van der Waals surface area contributed by atoms with Crippen LogP contribution in [0.15, 0.2) is 0 Å². The minimum absolute atomic E-state index is 0.114. The molecular weight excluding hydrogens is 234 g/mol. The van der Waals surface area contributed by atoms with Crippen molar-refractivity contribution in [2.24, 2.45) is 11.1 Å². The van der Waals surface area contributed by atoms with Crippen LogP contribution in [0, 0.1) is 10.8 Å². The summed E-state index contributed by atoms with van der Waals surface area (Å²) < 4.78 is 0. The molecule has 0 spiro atoms. The summed E-state index contributed by atoms with van der Waals surface area (Å²) in [5.41, 5.74) is 5.28. The van der Waals surface area contributed by atoms with Gasteiger partial charge in [-0.3, -0.25) is 10.2 Å². The zero-order chi connectivity index (χ0) is 13.3. The van der Waals surface area contributed by atoms with Crippen molar-refractivity contribution in [3.05, 3.63) is 0 Å². The molecular formula is C12H25N3OS. The standard InChI is InChI=1S/C12H25N3OS/c1-4-7-15-10(16)9-17-8-5-6-12(2,3)11(13)14/h4-9H2,1-3H3,(H3,13,14)(H,15,16). The van der Waals surface area contributed by atoms with Gasteiger partial charge in [-0.05, 0) is 25.0 Å². The zero-order valence-electron chi connectivity index (χ0n) is 11.1. The van der Waals surface area contributed by atoms with E-state index in [1.165, 1.54) is 0 Å². The highest BCUT2D eigenvalue weighted by Gasteiger charge is 2.20. The van der Waals surface area contributed by atoms with E-state index in [0.29, 0.717) is 5.75 Å². The summed E-state index contributed by atoms with van der Waals surface area (Å²) >= 11 is 1.64. The molecule has 0 aliphatic carbocycles. The first-order chi connectivity index (χ1) is 7.90. The number of nitrogens with one attached hydrogen (secondary N) is 2. The highest BCUT2D eigenvalue weighted by atomic mass is 32.2. The fourth-order valence-corrected chi connectivity index (χ4v) is 2.01. The second kappa shape index (κ2) is 8.39. The molecule has 100 valence electrons. The summed E-state index contributed by atoms with van der Waals surface area (Å²) in [7, 11) is 0. The van der Waals surface area contributed by atoms with Crippen LogP contribution in [0.25, 0.3) is 0 Å². The Kier molecular flexibility index (Phi) is 8.04. The molecule has 0 bridgehead atoms. The van der Waals surface area contributed by atoms with Crippen LogP contribution in [-0.4, -0.2) is 29.8 Å². The van der Waals surface area contributed by atoms with Crippen LogP contribution in [0.2, 0.25) is 0 Å². The molecule has 0 aromatic carbocycles. The quantitative estimate of drug-likeness (QED) is 0.336. The van der Waals surface area contributed by atoms with Crippen molar-refractivity contribution in [3.63, 3.8) is 0 Å². The van der Waals surface area contributed by atoms with Crippen LogP contribution in [-0.2, 0) is 4.79 Å². The molecule has 0 aliphatic rings. The van der Waals surface area contributed by atoms with Gasteiger partial charge in [0, 0.05) is 12.0 Å². The molecule has 1 amide bonds. The zero-order valence-corrected chi connectivity index (χ0v) is 12.0. The van der Waals surface area contributed by atoms with Gasteiger partial charge in [-0.1, -0.05) is 20.8 Å². The van der Waals surface area contributed by atoms with Gasteiger partial charge < -0.3 is 11.1 Å². The molecule has 0 heterocycles. The molecule has 0 aromatic heterocycles. The average Bonchev–Trinajstić information content (AvgIpc) is 2.25. The van der Waals surface area contributed by atoms with Gasteiger partial charge in [0.1, 0.15) is 0 Å². The number of amidine groups is 1. The van der Waals surface area contributed by atoms with E-state index in [1.807, 2.05) is 20.8 Å². The van der Waals surface area contributed by atoms with E-state index in [-0.39, 0.29) is 17.2 Å². The first-order valence-corrected chi connectivity index (χ1v) is 7.24. The van der Waals surface area contributed by atoms with Crippen molar-refractivity contribution < 1.29 is 4.79 Å². The van der Waals surface area contributed by atoms with E-state index in [9.17, 15) is 4.79 Å². The third kappa shape index (κ3) is 8.07. The summed E-state index contributed by atoms with van der Waals surface area (Å²) in [5.74, 6) is 1.82. The molecule has 0 radical (unpaired) electrons. The second-order valence-corrected chi connectivity index (χ2v) is 5.91. The van der Waals surface area contributed by atoms with E-state index in [1.54, 1.807) is 11.8 Å². The van der Waals surface area contributed by atoms with E-state index >= 15 is 0 Å². The Morgan fingerprint density at radius 2 is 2.12 bits per heavy atom. The third-order valence-electron chi connectivity index (χ3n) is 2.62. The predicted octanol–water partition coefficient (Wildman–Crippen LogP) is 1.99. The van der Waals surface area contributed by atoms with E-state index in [0.717, 1.165) is 31.6 Å². The lowest BCUT2D eigenvalue weighted by Gasteiger charge is -2.22. The maximum Gasteiger partial charge on any atom is 0.229 e. The normalized spacial score (nSPS) is 11.2. The Labute approximate surface area is 109 Å². The number of carbonyl (C=O) groups is 1. The van der Waals surface area contributed by atoms with Gasteiger partial charge in [0.05, 0.1) is 11.6 Å². The monoisotopic (exact) mass is 259 g/mol. The van der Waals surface area contributed by atoms with Crippen LogP contribution in [0.4, 0.5) is 0 Å². The number of rotatable bonds is 9. The number of hydrogen-bond acceptors (Lipinski definition) is 3. The van der Waals surface area contributed by atoms with Crippen molar-refractivity contribution in [1.29, 1.82) is 5.41 Å². The lowest BCUT2D eigenvalue weighted by Crippen LogP contribution is -2.30. The van der Waals surface area contributed by atoms with Crippen molar-refractivity contribution in [3.8, 4) is 0 Å². The molecule has 17 heavy (non-hydrogen) atoms. The maximum absolute atomic E-state index is 11.3. The highest BCUT2D eigenvalue weighted by molar-refractivity contribution is 7.99. The van der Waals surface area contributed by atoms with Gasteiger partial charge in [0.25, 0.3) is 0 Å². The molecule has 4 N–H and O–H groups in total. The summed E-state index contributed by atoms with van der Waals surface area (Å²) in [4.78, 5) is 11.3. The smallest absolute Gasteiger partial charge is 0.229 e. The number of amides is 1. The molecule has 0 rings (SSSR count).